The number of methoxy groups -OCH3 is 1. The van der Waals surface area contributed by atoms with Gasteiger partial charge in [-0.2, -0.15) is 0 Å². The zero-order chi connectivity index (χ0) is 12.8. The minimum atomic E-state index is -0.937. The number of halogens is 2. The van der Waals surface area contributed by atoms with Gasteiger partial charge in [-0.05, 0) is 11.6 Å². The molecule has 1 atom stereocenters. The van der Waals surface area contributed by atoms with Crippen LogP contribution in [-0.4, -0.2) is 36.6 Å². The Labute approximate surface area is 117 Å². The lowest BCUT2D eigenvalue weighted by atomic mass is 10.2. The van der Waals surface area contributed by atoms with E-state index in [1.54, 1.807) is 12.1 Å². The highest BCUT2D eigenvalue weighted by Crippen LogP contribution is 2.33. The second-order valence-corrected chi connectivity index (χ2v) is 3.85. The maximum Gasteiger partial charge on any atom is 0.162 e. The first kappa shape index (κ1) is 17.3. The molecule has 104 valence electrons. The molecule has 0 bridgehead atoms. The van der Waals surface area contributed by atoms with Gasteiger partial charge in [0.25, 0.3) is 0 Å². The van der Waals surface area contributed by atoms with E-state index in [1.165, 1.54) is 7.11 Å². The van der Waals surface area contributed by atoms with Crippen LogP contribution in [0.4, 0.5) is 0 Å². The van der Waals surface area contributed by atoms with Crippen molar-refractivity contribution in [1.29, 1.82) is 0 Å². The highest BCUT2D eigenvalue weighted by molar-refractivity contribution is 6.31. The molecule has 0 aliphatic carbocycles. The number of benzene rings is 1. The smallest absolute Gasteiger partial charge is 0.162 e. The fourth-order valence-corrected chi connectivity index (χ4v) is 1.48. The van der Waals surface area contributed by atoms with Crippen molar-refractivity contribution in [3.05, 3.63) is 22.7 Å². The van der Waals surface area contributed by atoms with Crippen LogP contribution in [0.2, 0.25) is 5.02 Å². The van der Waals surface area contributed by atoms with Crippen molar-refractivity contribution in [3.8, 4) is 11.5 Å². The van der Waals surface area contributed by atoms with Gasteiger partial charge in [-0.1, -0.05) is 11.6 Å². The molecule has 7 heteroatoms. The molecule has 0 spiro atoms. The molecule has 0 aliphatic heterocycles. The molecule has 0 saturated heterocycles. The normalized spacial score (nSPS) is 11.6. The summed E-state index contributed by atoms with van der Waals surface area (Å²) in [6, 6.07) is 3.26. The Kier molecular flexibility index (Phi) is 8.06. The highest BCUT2D eigenvalue weighted by atomic mass is 35.5. The van der Waals surface area contributed by atoms with Gasteiger partial charge in [-0.3, -0.25) is 0 Å². The molecule has 0 radical (unpaired) electrons. The van der Waals surface area contributed by atoms with E-state index in [1.807, 2.05) is 0 Å². The van der Waals surface area contributed by atoms with E-state index in [0.717, 1.165) is 5.56 Å². The standard InChI is InChI=1S/C11H16ClNO4.ClH/c1-16-10-2-7(4-13)9(12)3-11(10)17-6-8(15)5-14;/h2-3,8,14-15H,4-6,13H2,1H3;1H. The Morgan fingerprint density at radius 1 is 1.39 bits per heavy atom. The summed E-state index contributed by atoms with van der Waals surface area (Å²) in [6.07, 6.45) is -0.937. The topological polar surface area (TPSA) is 84.9 Å². The number of ether oxygens (including phenoxy) is 2. The van der Waals surface area contributed by atoms with E-state index >= 15 is 0 Å². The summed E-state index contributed by atoms with van der Waals surface area (Å²) in [7, 11) is 1.50. The third-order valence-electron chi connectivity index (χ3n) is 2.19. The van der Waals surface area contributed by atoms with Crippen molar-refractivity contribution in [2.75, 3.05) is 20.3 Å². The third-order valence-corrected chi connectivity index (χ3v) is 2.55. The molecule has 0 heterocycles. The van der Waals surface area contributed by atoms with Crippen LogP contribution < -0.4 is 15.2 Å². The van der Waals surface area contributed by atoms with E-state index in [0.29, 0.717) is 23.1 Å². The first-order valence-electron chi connectivity index (χ1n) is 5.10. The largest absolute Gasteiger partial charge is 0.493 e. The molecule has 1 rings (SSSR count). The van der Waals surface area contributed by atoms with Crippen LogP contribution in [0.25, 0.3) is 0 Å². The predicted octanol–water partition coefficient (Wildman–Crippen LogP) is 0.961. The fraction of sp³-hybridized carbons (Fsp3) is 0.455. The lowest BCUT2D eigenvalue weighted by Crippen LogP contribution is -2.21. The zero-order valence-corrected chi connectivity index (χ0v) is 11.5. The summed E-state index contributed by atoms with van der Waals surface area (Å²) in [4.78, 5) is 0. The van der Waals surface area contributed by atoms with Gasteiger partial charge in [0.1, 0.15) is 12.7 Å². The summed E-state index contributed by atoms with van der Waals surface area (Å²) in [5.41, 5.74) is 6.26. The summed E-state index contributed by atoms with van der Waals surface area (Å²) >= 11 is 5.98. The fourth-order valence-electron chi connectivity index (χ4n) is 1.24. The zero-order valence-electron chi connectivity index (χ0n) is 9.93. The van der Waals surface area contributed by atoms with Gasteiger partial charge in [-0.15, -0.1) is 12.4 Å². The van der Waals surface area contributed by atoms with E-state index in [2.05, 4.69) is 0 Å². The Morgan fingerprint density at radius 2 is 2.06 bits per heavy atom. The molecule has 1 aromatic carbocycles. The molecule has 0 fully saturated rings. The van der Waals surface area contributed by atoms with Crippen molar-refractivity contribution >= 4 is 24.0 Å². The lowest BCUT2D eigenvalue weighted by Gasteiger charge is -2.14. The molecule has 18 heavy (non-hydrogen) atoms. The number of aliphatic hydroxyl groups is 2. The SMILES string of the molecule is COc1cc(CN)c(Cl)cc1OCC(O)CO.Cl. The summed E-state index contributed by atoms with van der Waals surface area (Å²) in [5.74, 6) is 0.891. The second kappa shape index (κ2) is 8.39. The van der Waals surface area contributed by atoms with Crippen molar-refractivity contribution in [2.24, 2.45) is 5.73 Å². The van der Waals surface area contributed by atoms with E-state index in [4.69, 9.17) is 31.9 Å². The average Bonchev–Trinajstić information content (AvgIpc) is 2.35. The maximum absolute atomic E-state index is 9.18. The van der Waals surface area contributed by atoms with Crippen LogP contribution in [0.15, 0.2) is 12.1 Å². The molecular formula is C11H17Cl2NO4. The Balaban J connectivity index is 0.00000289. The molecule has 0 amide bonds. The van der Waals surface area contributed by atoms with Crippen LogP contribution in [0.3, 0.4) is 0 Å². The van der Waals surface area contributed by atoms with Gasteiger partial charge in [0.05, 0.1) is 13.7 Å². The number of nitrogens with two attached hydrogens (primary N) is 1. The van der Waals surface area contributed by atoms with Crippen molar-refractivity contribution in [2.45, 2.75) is 12.6 Å². The molecule has 0 saturated carbocycles. The maximum atomic E-state index is 9.18. The van der Waals surface area contributed by atoms with Gasteiger partial charge in [-0.25, -0.2) is 0 Å². The van der Waals surface area contributed by atoms with Crippen LogP contribution >= 0.6 is 24.0 Å². The molecular weight excluding hydrogens is 281 g/mol. The lowest BCUT2D eigenvalue weighted by molar-refractivity contribution is 0.0527. The summed E-state index contributed by atoms with van der Waals surface area (Å²) < 4.78 is 10.4. The van der Waals surface area contributed by atoms with Crippen molar-refractivity contribution in [1.82, 2.24) is 0 Å². The highest BCUT2D eigenvalue weighted by Gasteiger charge is 2.11. The molecule has 1 aromatic rings. The molecule has 1 unspecified atom stereocenters. The Bertz CT molecular complexity index is 376. The van der Waals surface area contributed by atoms with E-state index in [-0.39, 0.29) is 25.6 Å². The first-order chi connectivity index (χ1) is 8.12. The Hall–Kier alpha value is -0.720. The predicted molar refractivity (Wildman–Crippen MR) is 71.7 cm³/mol. The molecule has 4 N–H and O–H groups in total. The van der Waals surface area contributed by atoms with Gasteiger partial charge in [0.15, 0.2) is 11.5 Å². The number of aliphatic hydroxyl groups excluding tert-OH is 2. The molecule has 5 nitrogen and oxygen atoms in total. The summed E-state index contributed by atoms with van der Waals surface area (Å²) in [5, 5.41) is 18.3. The van der Waals surface area contributed by atoms with Crippen LogP contribution in [0.1, 0.15) is 5.56 Å². The van der Waals surface area contributed by atoms with Crippen LogP contribution in [-0.2, 0) is 6.54 Å². The molecule has 0 aromatic heterocycles. The van der Waals surface area contributed by atoms with E-state index < -0.39 is 6.10 Å². The van der Waals surface area contributed by atoms with Crippen LogP contribution in [0.5, 0.6) is 11.5 Å². The second-order valence-electron chi connectivity index (χ2n) is 3.45. The monoisotopic (exact) mass is 297 g/mol. The van der Waals surface area contributed by atoms with E-state index in [9.17, 15) is 5.11 Å². The number of rotatable bonds is 6. The minimum absolute atomic E-state index is 0. The van der Waals surface area contributed by atoms with Crippen molar-refractivity contribution in [3.63, 3.8) is 0 Å². The third kappa shape index (κ3) is 4.51. The summed E-state index contributed by atoms with van der Waals surface area (Å²) in [6.45, 7) is -0.100. The van der Waals surface area contributed by atoms with Crippen LogP contribution in [0, 0.1) is 0 Å². The quantitative estimate of drug-likeness (QED) is 0.728. The first-order valence-corrected chi connectivity index (χ1v) is 5.48. The minimum Gasteiger partial charge on any atom is -0.493 e. The molecule has 0 aliphatic rings. The van der Waals surface area contributed by atoms with Gasteiger partial charge < -0.3 is 25.4 Å². The van der Waals surface area contributed by atoms with Gasteiger partial charge >= 0.3 is 0 Å². The number of hydrogen-bond acceptors (Lipinski definition) is 5. The number of hydrogen-bond donors (Lipinski definition) is 3. The average molecular weight is 298 g/mol. The van der Waals surface area contributed by atoms with Gasteiger partial charge in [0, 0.05) is 17.6 Å². The Morgan fingerprint density at radius 3 is 2.56 bits per heavy atom. The van der Waals surface area contributed by atoms with Gasteiger partial charge in [0.2, 0.25) is 0 Å². The van der Waals surface area contributed by atoms with Crippen molar-refractivity contribution < 1.29 is 19.7 Å².